The first kappa shape index (κ1) is 17.7. The van der Waals surface area contributed by atoms with Crippen LogP contribution in [-0.2, 0) is 14.9 Å². The van der Waals surface area contributed by atoms with Crippen LogP contribution in [0.3, 0.4) is 0 Å². The molecule has 0 spiro atoms. The Morgan fingerprint density at radius 1 is 1.26 bits per heavy atom. The van der Waals surface area contributed by atoms with Gasteiger partial charge in [-0.2, -0.15) is 0 Å². The number of amides is 1. The van der Waals surface area contributed by atoms with Crippen molar-refractivity contribution in [3.05, 3.63) is 10.6 Å². The Labute approximate surface area is 140 Å². The van der Waals surface area contributed by atoms with Crippen molar-refractivity contribution in [3.8, 4) is 0 Å². The van der Waals surface area contributed by atoms with Gasteiger partial charge in [-0.1, -0.05) is 19.3 Å². The van der Waals surface area contributed by atoms with Gasteiger partial charge in [-0.05, 0) is 40.5 Å². The highest BCUT2D eigenvalue weighted by Gasteiger charge is 2.44. The van der Waals surface area contributed by atoms with E-state index in [4.69, 9.17) is 4.74 Å². The normalized spacial score (nSPS) is 17.6. The molecule has 0 atom stereocenters. The number of nitrogens with one attached hydrogen (secondary N) is 1. The van der Waals surface area contributed by atoms with E-state index in [1.165, 1.54) is 11.3 Å². The molecule has 1 aromatic rings. The zero-order valence-corrected chi connectivity index (χ0v) is 14.9. The van der Waals surface area contributed by atoms with E-state index in [0.29, 0.717) is 23.7 Å². The van der Waals surface area contributed by atoms with E-state index >= 15 is 0 Å². The highest BCUT2D eigenvalue weighted by Crippen LogP contribution is 2.44. The van der Waals surface area contributed by atoms with Crippen LogP contribution in [0.1, 0.15) is 63.4 Å². The number of aromatic nitrogens is 1. The number of aliphatic carboxylic acids is 1. The largest absolute Gasteiger partial charge is 0.481 e. The summed E-state index contributed by atoms with van der Waals surface area (Å²) in [6.45, 7) is 7.15. The van der Waals surface area contributed by atoms with Gasteiger partial charge < -0.3 is 9.84 Å². The summed E-state index contributed by atoms with van der Waals surface area (Å²) in [5.74, 6) is -0.798. The Morgan fingerprint density at radius 2 is 1.87 bits per heavy atom. The minimum atomic E-state index is -0.867. The third-order valence-corrected chi connectivity index (χ3v) is 5.23. The Bertz CT molecular complexity index is 598. The molecule has 1 fully saturated rings. The summed E-state index contributed by atoms with van der Waals surface area (Å²) in [4.78, 5) is 28.8. The lowest BCUT2D eigenvalue weighted by Crippen LogP contribution is -2.37. The number of carboxylic acids is 1. The van der Waals surface area contributed by atoms with E-state index in [-0.39, 0.29) is 0 Å². The van der Waals surface area contributed by atoms with Crippen molar-refractivity contribution >= 4 is 28.5 Å². The molecule has 0 aromatic carbocycles. The first-order chi connectivity index (χ1) is 10.6. The molecule has 0 bridgehead atoms. The summed E-state index contributed by atoms with van der Waals surface area (Å²) in [6.07, 6.45) is 3.53. The van der Waals surface area contributed by atoms with Gasteiger partial charge >= 0.3 is 12.1 Å². The summed E-state index contributed by atoms with van der Waals surface area (Å²) in [5, 5.41) is 12.8. The first-order valence-electron chi connectivity index (χ1n) is 7.85. The topological polar surface area (TPSA) is 88.5 Å². The van der Waals surface area contributed by atoms with E-state index in [9.17, 15) is 14.7 Å². The van der Waals surface area contributed by atoms with Gasteiger partial charge in [0.2, 0.25) is 0 Å². The quantitative estimate of drug-likeness (QED) is 0.865. The van der Waals surface area contributed by atoms with Crippen molar-refractivity contribution in [1.82, 2.24) is 4.98 Å². The van der Waals surface area contributed by atoms with Crippen molar-refractivity contribution in [2.24, 2.45) is 0 Å². The summed E-state index contributed by atoms with van der Waals surface area (Å²) in [6, 6.07) is 0. The van der Waals surface area contributed by atoms with Gasteiger partial charge in [0.05, 0.1) is 5.69 Å². The van der Waals surface area contributed by atoms with Gasteiger partial charge in [0.1, 0.15) is 11.0 Å². The SMILES string of the molecule is Cc1nc(NC(=O)OC(C)(C)C)sc1C1(C(=O)O)CCCCC1. The molecule has 23 heavy (non-hydrogen) atoms. The average molecular weight is 340 g/mol. The number of nitrogens with zero attached hydrogens (tertiary/aromatic N) is 1. The lowest BCUT2D eigenvalue weighted by molar-refractivity contribution is -0.145. The molecular weight excluding hydrogens is 316 g/mol. The highest BCUT2D eigenvalue weighted by molar-refractivity contribution is 7.16. The molecule has 0 radical (unpaired) electrons. The number of rotatable bonds is 3. The van der Waals surface area contributed by atoms with Crippen LogP contribution in [0, 0.1) is 6.92 Å². The molecule has 128 valence electrons. The van der Waals surface area contributed by atoms with Crippen molar-refractivity contribution in [2.45, 2.75) is 70.8 Å². The summed E-state index contributed by atoms with van der Waals surface area (Å²) < 4.78 is 5.21. The van der Waals surface area contributed by atoms with Gasteiger partial charge in [0.25, 0.3) is 0 Å². The number of aryl methyl sites for hydroxylation is 1. The van der Waals surface area contributed by atoms with Gasteiger partial charge in [0, 0.05) is 4.88 Å². The standard InChI is InChI=1S/C16H24N2O4S/c1-10-11(16(12(19)20)8-6-5-7-9-16)23-13(17-10)18-14(21)22-15(2,3)4/h5-9H2,1-4H3,(H,19,20)(H,17,18,21). The molecule has 0 unspecified atom stereocenters. The van der Waals surface area contributed by atoms with E-state index < -0.39 is 23.1 Å². The van der Waals surface area contributed by atoms with Crippen LogP contribution >= 0.6 is 11.3 Å². The van der Waals surface area contributed by atoms with Crippen LogP contribution in [0.15, 0.2) is 0 Å². The van der Waals surface area contributed by atoms with E-state index in [2.05, 4.69) is 10.3 Å². The second kappa shape index (κ2) is 6.47. The molecular formula is C16H24N2O4S. The van der Waals surface area contributed by atoms with E-state index in [1.807, 2.05) is 0 Å². The fraction of sp³-hybridized carbons (Fsp3) is 0.688. The molecule has 1 aromatic heterocycles. The van der Waals surface area contributed by atoms with Crippen molar-refractivity contribution in [1.29, 1.82) is 0 Å². The molecule has 1 amide bonds. The number of carbonyl (C=O) groups excluding carboxylic acids is 1. The van der Waals surface area contributed by atoms with Gasteiger partial charge in [-0.3, -0.25) is 10.1 Å². The maximum Gasteiger partial charge on any atom is 0.413 e. The second-order valence-corrected chi connectivity index (χ2v) is 8.01. The Kier molecular flexibility index (Phi) is 4.98. The monoisotopic (exact) mass is 340 g/mol. The summed E-state index contributed by atoms with van der Waals surface area (Å²) in [5.41, 5.74) is -0.788. The minimum Gasteiger partial charge on any atom is -0.481 e. The van der Waals surface area contributed by atoms with Gasteiger partial charge in [0.15, 0.2) is 5.13 Å². The molecule has 0 saturated heterocycles. The Morgan fingerprint density at radius 3 is 2.39 bits per heavy atom. The molecule has 1 aliphatic rings. The minimum absolute atomic E-state index is 0.387. The van der Waals surface area contributed by atoms with E-state index in [1.54, 1.807) is 27.7 Å². The summed E-state index contributed by atoms with van der Waals surface area (Å²) >= 11 is 1.24. The second-order valence-electron chi connectivity index (χ2n) is 7.01. The van der Waals surface area contributed by atoms with Crippen molar-refractivity contribution in [3.63, 3.8) is 0 Å². The average Bonchev–Trinajstić information content (AvgIpc) is 2.78. The van der Waals surface area contributed by atoms with Crippen LogP contribution in [0.2, 0.25) is 0 Å². The van der Waals surface area contributed by atoms with Gasteiger partial charge in [-0.15, -0.1) is 11.3 Å². The number of hydrogen-bond donors (Lipinski definition) is 2. The van der Waals surface area contributed by atoms with Crippen LogP contribution in [0.5, 0.6) is 0 Å². The van der Waals surface area contributed by atoms with Crippen LogP contribution in [0.4, 0.5) is 9.93 Å². The smallest absolute Gasteiger partial charge is 0.413 e. The maximum absolute atomic E-state index is 11.9. The first-order valence-corrected chi connectivity index (χ1v) is 8.67. The van der Waals surface area contributed by atoms with Crippen molar-refractivity contribution in [2.75, 3.05) is 5.32 Å². The Hall–Kier alpha value is -1.63. The predicted octanol–water partition coefficient (Wildman–Crippen LogP) is 4.09. The zero-order valence-electron chi connectivity index (χ0n) is 14.1. The fourth-order valence-corrected chi connectivity index (χ4v) is 4.17. The van der Waals surface area contributed by atoms with Gasteiger partial charge in [-0.25, -0.2) is 9.78 Å². The zero-order chi connectivity index (χ0) is 17.3. The Balaban J connectivity index is 2.23. The molecule has 1 aliphatic carbocycles. The molecule has 6 nitrogen and oxygen atoms in total. The predicted molar refractivity (Wildman–Crippen MR) is 89.1 cm³/mol. The molecule has 1 heterocycles. The lowest BCUT2D eigenvalue weighted by atomic mass is 9.72. The highest BCUT2D eigenvalue weighted by atomic mass is 32.1. The fourth-order valence-electron chi connectivity index (χ4n) is 2.98. The number of carboxylic acid groups (broad SMARTS) is 1. The summed E-state index contributed by atoms with van der Waals surface area (Å²) in [7, 11) is 0. The number of thiazole rings is 1. The van der Waals surface area contributed by atoms with Crippen LogP contribution < -0.4 is 5.32 Å². The van der Waals surface area contributed by atoms with Crippen LogP contribution in [0.25, 0.3) is 0 Å². The molecule has 2 N–H and O–H groups in total. The number of anilines is 1. The van der Waals surface area contributed by atoms with Crippen molar-refractivity contribution < 1.29 is 19.4 Å². The third-order valence-electron chi connectivity index (χ3n) is 3.96. The molecule has 0 aliphatic heterocycles. The lowest BCUT2D eigenvalue weighted by Gasteiger charge is -2.32. The number of ether oxygens (including phenoxy) is 1. The maximum atomic E-state index is 11.9. The molecule has 7 heteroatoms. The number of hydrogen-bond acceptors (Lipinski definition) is 5. The molecule has 1 saturated carbocycles. The number of carbonyl (C=O) groups is 2. The third kappa shape index (κ3) is 4.02. The molecule has 2 rings (SSSR count). The van der Waals surface area contributed by atoms with E-state index in [0.717, 1.165) is 24.1 Å². The van der Waals surface area contributed by atoms with Crippen LogP contribution in [-0.4, -0.2) is 27.8 Å².